The maximum absolute atomic E-state index is 8.72. The van der Waals surface area contributed by atoms with Crippen molar-refractivity contribution in [1.82, 2.24) is 10.2 Å². The molecule has 2 rings (SSSR count). The number of ether oxygens (including phenoxy) is 1. The summed E-state index contributed by atoms with van der Waals surface area (Å²) < 4.78 is 5.61. The lowest BCUT2D eigenvalue weighted by Gasteiger charge is -2.10. The van der Waals surface area contributed by atoms with Crippen molar-refractivity contribution in [2.24, 2.45) is 10.9 Å². The fourth-order valence-electron chi connectivity index (χ4n) is 1.43. The Balaban J connectivity index is 2.41. The molecule has 98 valence electrons. The normalized spacial score (nSPS) is 11.4. The van der Waals surface area contributed by atoms with Crippen molar-refractivity contribution < 1.29 is 9.94 Å². The predicted octanol–water partition coefficient (Wildman–Crippen LogP) is 2.33. The molecular weight excluding hydrogens is 268 g/mol. The smallest absolute Gasteiger partial charge is 0.250 e. The Labute approximate surface area is 114 Å². The van der Waals surface area contributed by atoms with Crippen LogP contribution in [0.4, 0.5) is 0 Å². The fraction of sp³-hybridized carbons (Fsp3) is 0.0833. The zero-order valence-electron chi connectivity index (χ0n) is 10.0. The maximum atomic E-state index is 8.72. The number of benzene rings is 1. The molecule has 0 aliphatic carbocycles. The van der Waals surface area contributed by atoms with Crippen molar-refractivity contribution in [2.75, 3.05) is 0 Å². The van der Waals surface area contributed by atoms with Gasteiger partial charge in [-0.25, -0.2) is 0 Å². The Morgan fingerprint density at radius 2 is 2.21 bits per heavy atom. The van der Waals surface area contributed by atoms with Crippen LogP contribution in [0.25, 0.3) is 0 Å². The lowest BCUT2D eigenvalue weighted by atomic mass is 10.2. The van der Waals surface area contributed by atoms with Crippen LogP contribution in [0.1, 0.15) is 11.1 Å². The van der Waals surface area contributed by atoms with Gasteiger partial charge in [-0.2, -0.15) is 5.10 Å². The summed E-state index contributed by atoms with van der Waals surface area (Å²) in [6, 6.07) is 6.76. The fourth-order valence-corrected chi connectivity index (χ4v) is 1.59. The number of rotatable bonds is 3. The van der Waals surface area contributed by atoms with Gasteiger partial charge < -0.3 is 15.7 Å². The van der Waals surface area contributed by atoms with E-state index in [1.165, 1.54) is 12.3 Å². The van der Waals surface area contributed by atoms with E-state index in [1.54, 1.807) is 12.1 Å². The largest absolute Gasteiger partial charge is 0.437 e. The summed E-state index contributed by atoms with van der Waals surface area (Å²) in [6.07, 6.45) is 1.42. The average molecular weight is 279 g/mol. The molecule has 0 unspecified atom stereocenters. The van der Waals surface area contributed by atoms with Gasteiger partial charge in [0.15, 0.2) is 5.84 Å². The molecular formula is C12H11ClN4O2. The van der Waals surface area contributed by atoms with Crippen molar-refractivity contribution in [3.8, 4) is 11.6 Å². The van der Waals surface area contributed by atoms with Crippen LogP contribution in [0.15, 0.2) is 35.6 Å². The highest BCUT2D eigenvalue weighted by Gasteiger charge is 2.12. The number of nitrogens with zero attached hydrogens (tertiary/aromatic N) is 3. The standard InChI is InChI=1S/C12H11ClN4O2/c1-7-2-3-8(13)6-10(7)19-12-9(11(14)17-18)4-5-15-16-12/h2-6,18H,1H3,(H2,14,17). The number of aromatic nitrogens is 2. The van der Waals surface area contributed by atoms with E-state index in [2.05, 4.69) is 15.4 Å². The Kier molecular flexibility index (Phi) is 3.82. The Bertz CT molecular complexity index is 631. The molecule has 0 radical (unpaired) electrons. The lowest BCUT2D eigenvalue weighted by molar-refractivity contribution is 0.318. The molecule has 1 aromatic carbocycles. The van der Waals surface area contributed by atoms with Crippen LogP contribution >= 0.6 is 11.6 Å². The van der Waals surface area contributed by atoms with Gasteiger partial charge in [0.2, 0.25) is 5.88 Å². The minimum absolute atomic E-state index is 0.107. The maximum Gasteiger partial charge on any atom is 0.250 e. The monoisotopic (exact) mass is 278 g/mol. The van der Waals surface area contributed by atoms with Crippen LogP contribution in [0.2, 0.25) is 5.02 Å². The summed E-state index contributed by atoms with van der Waals surface area (Å²) in [5.74, 6) is 0.563. The highest BCUT2D eigenvalue weighted by Crippen LogP contribution is 2.28. The van der Waals surface area contributed by atoms with Crippen molar-refractivity contribution in [3.63, 3.8) is 0 Å². The summed E-state index contributed by atoms with van der Waals surface area (Å²) in [5.41, 5.74) is 6.76. The molecule has 0 amide bonds. The van der Waals surface area contributed by atoms with E-state index in [-0.39, 0.29) is 11.7 Å². The van der Waals surface area contributed by atoms with Crippen LogP contribution in [0.3, 0.4) is 0 Å². The molecule has 0 bridgehead atoms. The first-order chi connectivity index (χ1) is 9.11. The summed E-state index contributed by atoms with van der Waals surface area (Å²) >= 11 is 5.91. The third-order valence-electron chi connectivity index (χ3n) is 2.43. The van der Waals surface area contributed by atoms with Crippen LogP contribution in [-0.2, 0) is 0 Å². The molecule has 0 atom stereocenters. The van der Waals surface area contributed by atoms with Crippen LogP contribution in [-0.4, -0.2) is 21.2 Å². The number of hydrogen-bond donors (Lipinski definition) is 2. The zero-order valence-corrected chi connectivity index (χ0v) is 10.8. The second-order valence-electron chi connectivity index (χ2n) is 3.75. The highest BCUT2D eigenvalue weighted by molar-refractivity contribution is 6.30. The number of aryl methyl sites for hydroxylation is 1. The van der Waals surface area contributed by atoms with E-state index < -0.39 is 0 Å². The molecule has 2 aromatic rings. The van der Waals surface area contributed by atoms with Crippen molar-refractivity contribution >= 4 is 17.4 Å². The number of amidine groups is 1. The third kappa shape index (κ3) is 2.92. The van der Waals surface area contributed by atoms with Gasteiger partial charge >= 0.3 is 0 Å². The first-order valence-electron chi connectivity index (χ1n) is 5.35. The van der Waals surface area contributed by atoms with Gasteiger partial charge in [-0.15, -0.1) is 5.10 Å². The van der Waals surface area contributed by atoms with Gasteiger partial charge in [0.25, 0.3) is 0 Å². The first-order valence-corrected chi connectivity index (χ1v) is 5.73. The summed E-state index contributed by atoms with van der Waals surface area (Å²) in [4.78, 5) is 0. The van der Waals surface area contributed by atoms with Crippen molar-refractivity contribution in [2.45, 2.75) is 6.92 Å². The number of hydrogen-bond acceptors (Lipinski definition) is 5. The SMILES string of the molecule is Cc1ccc(Cl)cc1Oc1nnccc1/C(N)=N/O. The van der Waals surface area contributed by atoms with Gasteiger partial charge in [0, 0.05) is 5.02 Å². The van der Waals surface area contributed by atoms with E-state index in [9.17, 15) is 0 Å². The van der Waals surface area contributed by atoms with Gasteiger partial charge in [-0.1, -0.05) is 22.8 Å². The first kappa shape index (κ1) is 13.1. The topological polar surface area (TPSA) is 93.6 Å². The molecule has 0 saturated carbocycles. The van der Waals surface area contributed by atoms with E-state index in [0.717, 1.165) is 5.56 Å². The van der Waals surface area contributed by atoms with Crippen molar-refractivity contribution in [1.29, 1.82) is 0 Å². The van der Waals surface area contributed by atoms with E-state index >= 15 is 0 Å². The molecule has 0 spiro atoms. The van der Waals surface area contributed by atoms with Crippen LogP contribution in [0.5, 0.6) is 11.6 Å². The molecule has 0 fully saturated rings. The quantitative estimate of drug-likeness (QED) is 0.389. The van der Waals surface area contributed by atoms with E-state index in [0.29, 0.717) is 16.3 Å². The average Bonchev–Trinajstić information content (AvgIpc) is 2.42. The molecule has 19 heavy (non-hydrogen) atoms. The molecule has 3 N–H and O–H groups in total. The lowest BCUT2D eigenvalue weighted by Crippen LogP contribution is -2.15. The minimum Gasteiger partial charge on any atom is -0.437 e. The van der Waals surface area contributed by atoms with E-state index in [4.69, 9.17) is 27.3 Å². The zero-order chi connectivity index (χ0) is 13.8. The predicted molar refractivity (Wildman–Crippen MR) is 70.8 cm³/mol. The van der Waals surface area contributed by atoms with Gasteiger partial charge in [-0.05, 0) is 30.7 Å². The van der Waals surface area contributed by atoms with Gasteiger partial charge in [0.1, 0.15) is 5.75 Å². The Morgan fingerprint density at radius 3 is 2.95 bits per heavy atom. The Hall–Kier alpha value is -2.34. The second-order valence-corrected chi connectivity index (χ2v) is 4.18. The minimum atomic E-state index is -0.107. The molecule has 1 aromatic heterocycles. The number of nitrogens with two attached hydrogens (primary N) is 1. The second kappa shape index (κ2) is 5.53. The summed E-state index contributed by atoms with van der Waals surface area (Å²) in [6.45, 7) is 1.87. The number of halogens is 1. The summed E-state index contributed by atoms with van der Waals surface area (Å²) in [7, 11) is 0. The van der Waals surface area contributed by atoms with Crippen molar-refractivity contribution in [3.05, 3.63) is 46.6 Å². The number of oxime groups is 1. The third-order valence-corrected chi connectivity index (χ3v) is 2.66. The molecule has 0 saturated heterocycles. The molecule has 7 heteroatoms. The Morgan fingerprint density at radius 1 is 1.42 bits per heavy atom. The highest BCUT2D eigenvalue weighted by atomic mass is 35.5. The molecule has 0 aliphatic heterocycles. The van der Waals surface area contributed by atoms with Gasteiger partial charge in [0.05, 0.1) is 11.8 Å². The van der Waals surface area contributed by atoms with Crippen LogP contribution in [0, 0.1) is 6.92 Å². The molecule has 6 nitrogen and oxygen atoms in total. The molecule has 0 aliphatic rings. The van der Waals surface area contributed by atoms with Gasteiger partial charge in [-0.3, -0.25) is 0 Å². The summed E-state index contributed by atoms with van der Waals surface area (Å²) in [5, 5.41) is 19.7. The van der Waals surface area contributed by atoms with E-state index in [1.807, 2.05) is 13.0 Å². The van der Waals surface area contributed by atoms with Crippen LogP contribution < -0.4 is 10.5 Å². The molecule has 1 heterocycles.